The maximum atomic E-state index is 13.9. The van der Waals surface area contributed by atoms with Crippen LogP contribution in [0, 0.1) is 13.8 Å². The summed E-state index contributed by atoms with van der Waals surface area (Å²) in [6, 6.07) is 20.4. The van der Waals surface area contributed by atoms with Crippen LogP contribution in [0.25, 0.3) is 0 Å². The molecule has 1 aliphatic rings. The van der Waals surface area contributed by atoms with Gasteiger partial charge in [0.15, 0.2) is 0 Å². The fraction of sp³-hybridized carbons (Fsp3) is 0.286. The summed E-state index contributed by atoms with van der Waals surface area (Å²) < 4.78 is 5.27. The molecule has 1 unspecified atom stereocenters. The van der Waals surface area contributed by atoms with E-state index >= 15 is 0 Å². The van der Waals surface area contributed by atoms with Gasteiger partial charge in [0.25, 0.3) is 5.91 Å². The molecule has 5 nitrogen and oxygen atoms in total. The number of ether oxygens (including phenoxy) is 1. The summed E-state index contributed by atoms with van der Waals surface area (Å²) in [4.78, 5) is 30.6. The number of benzene rings is 3. The van der Waals surface area contributed by atoms with Gasteiger partial charge in [-0.15, -0.1) is 0 Å². The molecule has 3 aromatic rings. The Kier molecular flexibility index (Phi) is 6.23. The fourth-order valence-electron chi connectivity index (χ4n) is 4.19. The van der Waals surface area contributed by atoms with Crippen LogP contribution >= 0.6 is 0 Å². The molecular formula is C28H30N2O3. The molecule has 2 amide bonds. The second kappa shape index (κ2) is 9.10. The van der Waals surface area contributed by atoms with Crippen LogP contribution in [-0.2, 0) is 9.59 Å². The lowest BCUT2D eigenvalue weighted by Gasteiger charge is -2.40. The van der Waals surface area contributed by atoms with Crippen molar-refractivity contribution in [1.29, 1.82) is 0 Å². The van der Waals surface area contributed by atoms with Crippen LogP contribution in [-0.4, -0.2) is 25.5 Å². The van der Waals surface area contributed by atoms with Gasteiger partial charge in [-0.05, 0) is 78.4 Å². The van der Waals surface area contributed by atoms with Crippen molar-refractivity contribution in [1.82, 2.24) is 0 Å². The van der Waals surface area contributed by atoms with E-state index in [4.69, 9.17) is 4.74 Å². The molecule has 3 aromatic carbocycles. The van der Waals surface area contributed by atoms with Crippen LogP contribution in [0.3, 0.4) is 0 Å². The maximum absolute atomic E-state index is 13.9. The lowest BCUT2D eigenvalue weighted by atomic mass is 9.95. The highest BCUT2D eigenvalue weighted by Crippen LogP contribution is 2.36. The quantitative estimate of drug-likeness (QED) is 0.520. The van der Waals surface area contributed by atoms with Gasteiger partial charge in [-0.3, -0.25) is 14.5 Å². The zero-order valence-corrected chi connectivity index (χ0v) is 19.8. The molecule has 0 N–H and O–H groups in total. The number of aryl methyl sites for hydroxylation is 2. The fourth-order valence-corrected chi connectivity index (χ4v) is 4.19. The monoisotopic (exact) mass is 442 g/mol. The molecule has 4 rings (SSSR count). The average Bonchev–Trinajstić information content (AvgIpc) is 2.82. The van der Waals surface area contributed by atoms with Crippen molar-refractivity contribution < 1.29 is 14.3 Å². The van der Waals surface area contributed by atoms with Gasteiger partial charge < -0.3 is 9.64 Å². The Hall–Kier alpha value is -3.60. The minimum Gasteiger partial charge on any atom is -0.497 e. The molecule has 0 spiro atoms. The van der Waals surface area contributed by atoms with Crippen molar-refractivity contribution in [2.24, 2.45) is 0 Å². The van der Waals surface area contributed by atoms with Crippen molar-refractivity contribution in [2.45, 2.75) is 39.7 Å². The summed E-state index contributed by atoms with van der Waals surface area (Å²) in [5.74, 6) is 0.832. The van der Waals surface area contributed by atoms with Crippen molar-refractivity contribution >= 4 is 23.2 Å². The maximum Gasteiger partial charge on any atom is 0.255 e. The van der Waals surface area contributed by atoms with E-state index in [1.165, 1.54) is 5.56 Å². The normalized spacial score (nSPS) is 16.5. The highest BCUT2D eigenvalue weighted by Gasteiger charge is 2.42. The van der Waals surface area contributed by atoms with E-state index in [2.05, 4.69) is 13.8 Å². The summed E-state index contributed by atoms with van der Waals surface area (Å²) >= 11 is 0. The first kappa shape index (κ1) is 22.6. The number of carbonyl (C=O) groups excluding carboxylic acids is 2. The Morgan fingerprint density at radius 1 is 0.848 bits per heavy atom. The smallest absolute Gasteiger partial charge is 0.255 e. The van der Waals surface area contributed by atoms with Gasteiger partial charge in [0.05, 0.1) is 7.11 Å². The number of hydrogen-bond acceptors (Lipinski definition) is 3. The summed E-state index contributed by atoms with van der Waals surface area (Å²) in [6.45, 7) is 8.31. The van der Waals surface area contributed by atoms with E-state index in [1.54, 1.807) is 16.9 Å². The minimum absolute atomic E-state index is 0.00601. The highest BCUT2D eigenvalue weighted by molar-refractivity contribution is 6.14. The third-order valence-electron chi connectivity index (χ3n) is 6.39. The molecule has 170 valence electrons. The Morgan fingerprint density at radius 2 is 1.48 bits per heavy atom. The molecule has 1 heterocycles. The number of anilines is 2. The molecule has 0 aliphatic carbocycles. The zero-order valence-electron chi connectivity index (χ0n) is 19.8. The van der Waals surface area contributed by atoms with Crippen LogP contribution in [0.2, 0.25) is 0 Å². The molecule has 5 heteroatoms. The van der Waals surface area contributed by atoms with E-state index in [-0.39, 0.29) is 18.4 Å². The number of rotatable bonds is 5. The first-order valence-electron chi connectivity index (χ1n) is 11.2. The first-order chi connectivity index (χ1) is 15.8. The van der Waals surface area contributed by atoms with Crippen molar-refractivity contribution in [3.63, 3.8) is 0 Å². The van der Waals surface area contributed by atoms with Gasteiger partial charge >= 0.3 is 0 Å². The predicted molar refractivity (Wildman–Crippen MR) is 132 cm³/mol. The predicted octanol–water partition coefficient (Wildman–Crippen LogP) is 5.56. The SMILES string of the molecule is COc1ccc(N2C(=O)CN(c3ccc(C)c(C)c3)C(=O)C2c2ccc(C(C)C)cc2)cc1. The van der Waals surface area contributed by atoms with Gasteiger partial charge in [-0.1, -0.05) is 44.2 Å². The summed E-state index contributed by atoms with van der Waals surface area (Å²) in [5, 5.41) is 0. The van der Waals surface area contributed by atoms with Crippen LogP contribution in [0.15, 0.2) is 66.7 Å². The first-order valence-corrected chi connectivity index (χ1v) is 11.2. The van der Waals surface area contributed by atoms with Crippen LogP contribution in [0.1, 0.15) is 48.1 Å². The molecule has 0 radical (unpaired) electrons. The van der Waals surface area contributed by atoms with Crippen LogP contribution in [0.5, 0.6) is 5.75 Å². The van der Waals surface area contributed by atoms with Crippen LogP contribution < -0.4 is 14.5 Å². The number of nitrogens with zero attached hydrogens (tertiary/aromatic N) is 2. The molecule has 33 heavy (non-hydrogen) atoms. The van der Waals surface area contributed by atoms with E-state index in [9.17, 15) is 9.59 Å². The van der Waals surface area contributed by atoms with Crippen molar-refractivity contribution in [2.75, 3.05) is 23.5 Å². The Morgan fingerprint density at radius 3 is 2.06 bits per heavy atom. The molecular weight excluding hydrogens is 412 g/mol. The van der Waals surface area contributed by atoms with Gasteiger partial charge in [0.2, 0.25) is 5.91 Å². The van der Waals surface area contributed by atoms with Gasteiger partial charge in [0, 0.05) is 11.4 Å². The van der Waals surface area contributed by atoms with E-state index in [0.717, 1.165) is 22.4 Å². The summed E-state index contributed by atoms with van der Waals surface area (Å²) in [6.07, 6.45) is 0. The Labute approximate surface area is 195 Å². The lowest BCUT2D eigenvalue weighted by Crippen LogP contribution is -2.56. The molecule has 0 bridgehead atoms. The molecule has 0 saturated carbocycles. The number of amides is 2. The molecule has 1 aliphatic heterocycles. The topological polar surface area (TPSA) is 49.9 Å². The van der Waals surface area contributed by atoms with Crippen molar-refractivity contribution in [3.8, 4) is 5.75 Å². The van der Waals surface area contributed by atoms with Crippen molar-refractivity contribution in [3.05, 3.63) is 89.0 Å². The van der Waals surface area contributed by atoms with Gasteiger partial charge in [-0.2, -0.15) is 0 Å². The Balaban J connectivity index is 1.79. The summed E-state index contributed by atoms with van der Waals surface area (Å²) in [7, 11) is 1.60. The highest BCUT2D eigenvalue weighted by atomic mass is 16.5. The van der Waals surface area contributed by atoms with Crippen LogP contribution in [0.4, 0.5) is 11.4 Å². The van der Waals surface area contributed by atoms with E-state index in [0.29, 0.717) is 17.4 Å². The van der Waals surface area contributed by atoms with E-state index < -0.39 is 6.04 Å². The number of hydrogen-bond donors (Lipinski definition) is 0. The Bertz CT molecular complexity index is 1170. The molecule has 0 aromatic heterocycles. The third-order valence-corrected chi connectivity index (χ3v) is 6.39. The number of carbonyl (C=O) groups is 2. The molecule has 1 fully saturated rings. The van der Waals surface area contributed by atoms with E-state index in [1.807, 2.05) is 80.6 Å². The largest absolute Gasteiger partial charge is 0.497 e. The van der Waals surface area contributed by atoms with Gasteiger partial charge in [0.1, 0.15) is 18.3 Å². The summed E-state index contributed by atoms with van der Waals surface area (Å²) in [5.41, 5.74) is 5.64. The third kappa shape index (κ3) is 4.36. The number of piperazine rings is 1. The minimum atomic E-state index is -0.748. The molecule has 1 saturated heterocycles. The second-order valence-corrected chi connectivity index (χ2v) is 8.88. The standard InChI is InChI=1S/C28H30N2O3/c1-18(2)21-7-9-22(10-8-21)27-28(32)29(24-11-6-19(3)20(4)16-24)17-26(31)30(27)23-12-14-25(33-5)15-13-23/h6-16,18,27H,17H2,1-5H3. The number of methoxy groups -OCH3 is 1. The lowest BCUT2D eigenvalue weighted by molar-refractivity contribution is -0.128. The average molecular weight is 443 g/mol. The second-order valence-electron chi connectivity index (χ2n) is 8.88. The molecule has 1 atom stereocenters. The zero-order chi connectivity index (χ0) is 23.7. The van der Waals surface area contributed by atoms with Gasteiger partial charge in [-0.25, -0.2) is 0 Å².